The van der Waals surface area contributed by atoms with Crippen molar-refractivity contribution in [1.82, 2.24) is 4.98 Å². The van der Waals surface area contributed by atoms with Crippen LogP contribution in [0.2, 0.25) is 0 Å². The van der Waals surface area contributed by atoms with Gasteiger partial charge in [-0.2, -0.15) is 36.4 Å². The van der Waals surface area contributed by atoms with E-state index in [1.807, 2.05) is 18.2 Å². The summed E-state index contributed by atoms with van der Waals surface area (Å²) in [5.74, 6) is 0.394. The SMILES string of the molecule is Oc1[c-]cccc1.Oc1[c-]cccc1.[Be+2].c1ccncc1. The minimum absolute atomic E-state index is 0. The molecule has 0 aliphatic carbocycles. The average molecular weight is 274 g/mol. The quantitative estimate of drug-likeness (QED) is 0.489. The van der Waals surface area contributed by atoms with E-state index in [1.165, 1.54) is 0 Å². The predicted octanol–water partition coefficient (Wildman–Crippen LogP) is 3.09. The molecule has 1 heterocycles. The molecule has 4 heteroatoms. The van der Waals surface area contributed by atoms with Crippen LogP contribution in [0.15, 0.2) is 79.1 Å². The number of pyridine rings is 1. The molecule has 0 unspecified atom stereocenters. The van der Waals surface area contributed by atoms with Gasteiger partial charge >= 0.3 is 10.1 Å². The van der Waals surface area contributed by atoms with Crippen molar-refractivity contribution in [1.29, 1.82) is 0 Å². The van der Waals surface area contributed by atoms with Gasteiger partial charge in [0.1, 0.15) is 0 Å². The van der Waals surface area contributed by atoms with Gasteiger partial charge in [0.15, 0.2) is 0 Å². The topological polar surface area (TPSA) is 53.4 Å². The molecule has 3 aromatic rings. The maximum atomic E-state index is 8.58. The van der Waals surface area contributed by atoms with E-state index in [-0.39, 0.29) is 21.6 Å². The van der Waals surface area contributed by atoms with Crippen molar-refractivity contribution in [2.75, 3.05) is 0 Å². The number of phenols is 2. The molecule has 0 saturated carbocycles. The fraction of sp³-hybridized carbons (Fsp3) is 0. The van der Waals surface area contributed by atoms with Crippen LogP contribution >= 0.6 is 0 Å². The second kappa shape index (κ2) is 12.4. The van der Waals surface area contributed by atoms with Crippen molar-refractivity contribution < 1.29 is 10.2 Å². The molecule has 0 aliphatic rings. The van der Waals surface area contributed by atoms with Crippen LogP contribution in [-0.4, -0.2) is 25.3 Å². The minimum Gasteiger partial charge on any atom is -0.534 e. The van der Waals surface area contributed by atoms with E-state index in [0.717, 1.165) is 0 Å². The van der Waals surface area contributed by atoms with E-state index < -0.39 is 0 Å². The van der Waals surface area contributed by atoms with Crippen molar-refractivity contribution in [3.63, 3.8) is 0 Å². The molecule has 102 valence electrons. The summed E-state index contributed by atoms with van der Waals surface area (Å²) >= 11 is 0. The summed E-state index contributed by atoms with van der Waals surface area (Å²) in [6.45, 7) is 0. The zero-order chi connectivity index (χ0) is 14.5. The van der Waals surface area contributed by atoms with Gasteiger partial charge in [-0.3, -0.25) is 4.98 Å². The van der Waals surface area contributed by atoms with Crippen LogP contribution in [-0.2, 0) is 0 Å². The molecule has 0 aliphatic heterocycles. The summed E-state index contributed by atoms with van der Waals surface area (Å²) in [5, 5.41) is 17.2. The number of benzene rings is 2. The summed E-state index contributed by atoms with van der Waals surface area (Å²) in [7, 11) is 0. The summed E-state index contributed by atoms with van der Waals surface area (Å²) in [4.78, 5) is 3.78. The van der Waals surface area contributed by atoms with Gasteiger partial charge in [-0.05, 0) is 12.1 Å². The van der Waals surface area contributed by atoms with Crippen molar-refractivity contribution in [3.8, 4) is 11.5 Å². The Kier molecular flexibility index (Phi) is 10.8. The van der Waals surface area contributed by atoms with Crippen LogP contribution in [0.4, 0.5) is 0 Å². The number of para-hydroxylation sites is 2. The number of aromatic hydroxyl groups is 2. The van der Waals surface area contributed by atoms with Crippen LogP contribution in [0.3, 0.4) is 0 Å². The first kappa shape index (κ1) is 18.4. The van der Waals surface area contributed by atoms with Gasteiger partial charge in [-0.15, -0.1) is 24.3 Å². The minimum atomic E-state index is 0. The van der Waals surface area contributed by atoms with Crippen molar-refractivity contribution in [3.05, 3.63) is 91.3 Å². The summed E-state index contributed by atoms with van der Waals surface area (Å²) in [6, 6.07) is 24.5. The Bertz CT molecular complexity index is 483. The van der Waals surface area contributed by atoms with E-state index in [4.69, 9.17) is 10.2 Å². The Balaban J connectivity index is 0.000000280. The molecule has 2 aromatic carbocycles. The zero-order valence-electron chi connectivity index (χ0n) is 11.6. The van der Waals surface area contributed by atoms with Crippen LogP contribution in [0.5, 0.6) is 11.5 Å². The molecular formula is C17H15BeNO2. The molecule has 0 spiro atoms. The molecule has 0 amide bonds. The maximum Gasteiger partial charge on any atom is 2.00 e. The normalized spacial score (nSPS) is 8.00. The van der Waals surface area contributed by atoms with Gasteiger partial charge in [0.05, 0.1) is 0 Å². The Morgan fingerprint density at radius 2 is 1.14 bits per heavy atom. The predicted molar refractivity (Wildman–Crippen MR) is 83.9 cm³/mol. The van der Waals surface area contributed by atoms with Crippen molar-refractivity contribution >= 4 is 10.1 Å². The van der Waals surface area contributed by atoms with E-state index in [1.54, 1.807) is 60.9 Å². The number of hydrogen-bond acceptors (Lipinski definition) is 3. The first-order valence-electron chi connectivity index (χ1n) is 5.95. The number of phenolic OH excluding ortho intramolecular Hbond substituents is 2. The Morgan fingerprint density at radius 1 is 0.667 bits per heavy atom. The fourth-order valence-electron chi connectivity index (χ4n) is 1.08. The number of hydrogen-bond donors (Lipinski definition) is 2. The second-order valence-corrected chi connectivity index (χ2v) is 3.52. The zero-order valence-corrected chi connectivity index (χ0v) is 11.6. The van der Waals surface area contributed by atoms with Crippen LogP contribution in [0.25, 0.3) is 0 Å². The summed E-state index contributed by atoms with van der Waals surface area (Å²) < 4.78 is 0. The molecule has 0 bridgehead atoms. The van der Waals surface area contributed by atoms with Crippen molar-refractivity contribution in [2.45, 2.75) is 0 Å². The maximum absolute atomic E-state index is 8.58. The van der Waals surface area contributed by atoms with E-state index in [0.29, 0.717) is 0 Å². The first-order valence-corrected chi connectivity index (χ1v) is 5.95. The Labute approximate surface area is 128 Å². The van der Waals surface area contributed by atoms with E-state index in [9.17, 15) is 0 Å². The molecule has 2 N–H and O–H groups in total. The monoisotopic (exact) mass is 274 g/mol. The summed E-state index contributed by atoms with van der Waals surface area (Å²) in [6.07, 6.45) is 3.50. The Hall–Kier alpha value is -2.64. The third-order valence-corrected chi connectivity index (χ3v) is 1.95. The van der Waals surface area contributed by atoms with Gasteiger partial charge in [-0.25, -0.2) is 0 Å². The van der Waals surface area contributed by atoms with Crippen molar-refractivity contribution in [2.24, 2.45) is 0 Å². The standard InChI is InChI=1S/2C6H5O.C5H5N.Be/c2*7-6-4-2-1-3-5-6;1-2-4-6-5-3-1;/h2*1-4,7H;1-5H;/q2*-1;;+2. The second-order valence-electron chi connectivity index (χ2n) is 3.52. The van der Waals surface area contributed by atoms with Gasteiger partial charge in [0.25, 0.3) is 0 Å². The Morgan fingerprint density at radius 3 is 1.29 bits per heavy atom. The molecule has 3 nitrogen and oxygen atoms in total. The van der Waals surface area contributed by atoms with Crippen LogP contribution in [0, 0.1) is 12.1 Å². The molecule has 0 radical (unpaired) electrons. The largest absolute Gasteiger partial charge is 2.00 e. The average Bonchev–Trinajstić information content (AvgIpc) is 2.52. The smallest absolute Gasteiger partial charge is 0.534 e. The number of aromatic nitrogens is 1. The molecule has 0 fully saturated rings. The van der Waals surface area contributed by atoms with Gasteiger partial charge in [0, 0.05) is 23.9 Å². The first-order chi connectivity index (χ1) is 9.79. The molecule has 21 heavy (non-hydrogen) atoms. The summed E-state index contributed by atoms with van der Waals surface area (Å²) in [5.41, 5.74) is 0. The van der Waals surface area contributed by atoms with Gasteiger partial charge in [0.2, 0.25) is 0 Å². The molecule has 1 aromatic heterocycles. The number of nitrogens with zero attached hydrogens (tertiary/aromatic N) is 1. The van der Waals surface area contributed by atoms with Gasteiger partial charge in [-0.1, -0.05) is 6.07 Å². The fourth-order valence-corrected chi connectivity index (χ4v) is 1.08. The van der Waals surface area contributed by atoms with Gasteiger partial charge < -0.3 is 10.2 Å². The van der Waals surface area contributed by atoms with Crippen LogP contribution < -0.4 is 0 Å². The van der Waals surface area contributed by atoms with Crippen LogP contribution in [0.1, 0.15) is 0 Å². The third-order valence-electron chi connectivity index (χ3n) is 1.95. The number of rotatable bonds is 0. The van der Waals surface area contributed by atoms with E-state index >= 15 is 0 Å². The molecule has 0 saturated heterocycles. The third kappa shape index (κ3) is 10.9. The molecule has 3 rings (SSSR count). The van der Waals surface area contributed by atoms with E-state index in [2.05, 4.69) is 17.1 Å². The molecule has 0 atom stereocenters. The molecular weight excluding hydrogens is 259 g/mol.